The van der Waals surface area contributed by atoms with Crippen molar-refractivity contribution in [3.05, 3.63) is 28.2 Å². The molecule has 0 heterocycles. The van der Waals surface area contributed by atoms with Gasteiger partial charge in [-0.1, -0.05) is 22.9 Å². The summed E-state index contributed by atoms with van der Waals surface area (Å²) < 4.78 is 1.01. The summed E-state index contributed by atoms with van der Waals surface area (Å²) >= 11 is 3.42. The van der Waals surface area contributed by atoms with Crippen LogP contribution < -0.4 is 5.32 Å². The molecule has 1 rings (SSSR count). The van der Waals surface area contributed by atoms with Gasteiger partial charge in [-0.15, -0.1) is 0 Å². The fraction of sp³-hybridized carbons (Fsp3) is 0.467. The molecule has 1 aromatic rings. The molecule has 0 saturated heterocycles. The van der Waals surface area contributed by atoms with Gasteiger partial charge in [0.1, 0.15) is 0 Å². The van der Waals surface area contributed by atoms with E-state index in [2.05, 4.69) is 21.2 Å². The third-order valence-corrected chi connectivity index (χ3v) is 3.88. The van der Waals surface area contributed by atoms with Gasteiger partial charge in [-0.05, 0) is 37.1 Å². The van der Waals surface area contributed by atoms with E-state index in [1.165, 1.54) is 6.92 Å². The Kier molecular flexibility index (Phi) is 6.71. The fourth-order valence-electron chi connectivity index (χ4n) is 1.88. The van der Waals surface area contributed by atoms with Crippen molar-refractivity contribution < 1.29 is 9.59 Å². The predicted octanol–water partition coefficient (Wildman–Crippen LogP) is 3.34. The molecule has 0 aliphatic heterocycles. The van der Waals surface area contributed by atoms with Gasteiger partial charge in [0.2, 0.25) is 11.8 Å². The Labute approximate surface area is 128 Å². The molecule has 0 bridgehead atoms. The highest BCUT2D eigenvalue weighted by molar-refractivity contribution is 9.10. The Bertz CT molecular complexity index is 489. The summed E-state index contributed by atoms with van der Waals surface area (Å²) in [5, 5.41) is 2.85. The molecule has 0 aliphatic rings. The molecule has 0 unspecified atom stereocenters. The zero-order valence-corrected chi connectivity index (χ0v) is 13.8. The van der Waals surface area contributed by atoms with E-state index in [4.69, 9.17) is 0 Å². The molecular formula is C15H21BrN2O2. The van der Waals surface area contributed by atoms with E-state index >= 15 is 0 Å². The number of carbonyl (C=O) groups excluding carboxylic acids is 2. The predicted molar refractivity (Wildman–Crippen MR) is 84.7 cm³/mol. The quantitative estimate of drug-likeness (QED) is 0.863. The summed E-state index contributed by atoms with van der Waals surface area (Å²) in [5.74, 6) is -0.0618. The van der Waals surface area contributed by atoms with Gasteiger partial charge in [-0.2, -0.15) is 0 Å². The largest absolute Gasteiger partial charge is 0.342 e. The first-order chi connectivity index (χ1) is 9.43. The van der Waals surface area contributed by atoms with Crippen LogP contribution in [0.15, 0.2) is 22.7 Å². The fourth-order valence-corrected chi connectivity index (χ4v) is 2.13. The summed E-state index contributed by atoms with van der Waals surface area (Å²) in [6.07, 6.45) is 1.21. The Balaban J connectivity index is 2.50. The van der Waals surface area contributed by atoms with Crippen molar-refractivity contribution in [3.63, 3.8) is 0 Å². The van der Waals surface area contributed by atoms with Crippen LogP contribution in [-0.4, -0.2) is 29.8 Å². The number of anilines is 1. The zero-order valence-electron chi connectivity index (χ0n) is 12.2. The molecule has 110 valence electrons. The number of benzene rings is 1. The second kappa shape index (κ2) is 8.04. The second-order valence-electron chi connectivity index (χ2n) is 4.77. The maximum atomic E-state index is 11.9. The topological polar surface area (TPSA) is 49.4 Å². The minimum Gasteiger partial charge on any atom is -0.342 e. The van der Waals surface area contributed by atoms with Crippen LogP contribution in [0.4, 0.5) is 5.69 Å². The molecule has 0 radical (unpaired) electrons. The lowest BCUT2D eigenvalue weighted by atomic mass is 10.2. The van der Waals surface area contributed by atoms with Gasteiger partial charge in [0.25, 0.3) is 0 Å². The first kappa shape index (κ1) is 16.7. The van der Waals surface area contributed by atoms with E-state index in [9.17, 15) is 9.59 Å². The molecule has 0 atom stereocenters. The first-order valence-electron chi connectivity index (χ1n) is 6.75. The van der Waals surface area contributed by atoms with E-state index in [0.29, 0.717) is 19.5 Å². The van der Waals surface area contributed by atoms with Crippen molar-refractivity contribution in [3.8, 4) is 0 Å². The number of rotatable bonds is 6. The van der Waals surface area contributed by atoms with Gasteiger partial charge >= 0.3 is 0 Å². The maximum absolute atomic E-state index is 11.9. The van der Waals surface area contributed by atoms with Gasteiger partial charge in [0.15, 0.2) is 0 Å². The van der Waals surface area contributed by atoms with Gasteiger partial charge in [-0.3, -0.25) is 9.59 Å². The molecule has 2 amide bonds. The third-order valence-electron chi connectivity index (χ3n) is 2.99. The van der Waals surface area contributed by atoms with E-state index < -0.39 is 0 Å². The highest BCUT2D eigenvalue weighted by atomic mass is 79.9. The van der Waals surface area contributed by atoms with Crippen LogP contribution in [0.1, 0.15) is 32.3 Å². The number of carbonyl (C=O) groups is 2. The molecule has 0 aliphatic carbocycles. The van der Waals surface area contributed by atoms with Crippen molar-refractivity contribution in [2.75, 3.05) is 18.4 Å². The molecular weight excluding hydrogens is 320 g/mol. The number of nitrogens with one attached hydrogen (secondary N) is 1. The highest BCUT2D eigenvalue weighted by Gasteiger charge is 2.10. The van der Waals surface area contributed by atoms with E-state index in [0.717, 1.165) is 22.1 Å². The molecule has 20 heavy (non-hydrogen) atoms. The van der Waals surface area contributed by atoms with E-state index in [1.54, 1.807) is 4.90 Å². The number of hydrogen-bond donors (Lipinski definition) is 1. The van der Waals surface area contributed by atoms with Crippen LogP contribution in [0.25, 0.3) is 0 Å². The molecule has 5 heteroatoms. The molecule has 1 N–H and O–H groups in total. The van der Waals surface area contributed by atoms with Crippen LogP contribution in [0, 0.1) is 6.92 Å². The lowest BCUT2D eigenvalue weighted by Gasteiger charge is -2.19. The minimum atomic E-state index is -0.0749. The number of nitrogens with zero attached hydrogens (tertiary/aromatic N) is 1. The Hall–Kier alpha value is -1.36. The second-order valence-corrected chi connectivity index (χ2v) is 5.62. The molecule has 0 saturated carbocycles. The summed E-state index contributed by atoms with van der Waals surface area (Å²) in [6.45, 7) is 6.68. The lowest BCUT2D eigenvalue weighted by molar-refractivity contribution is -0.129. The molecule has 0 fully saturated rings. The minimum absolute atomic E-state index is 0.0131. The normalized spacial score (nSPS) is 10.2. The average Bonchev–Trinajstić information content (AvgIpc) is 2.38. The number of hydrogen-bond acceptors (Lipinski definition) is 2. The van der Waals surface area contributed by atoms with Crippen molar-refractivity contribution in [1.29, 1.82) is 0 Å². The Morgan fingerprint density at radius 3 is 2.55 bits per heavy atom. The van der Waals surface area contributed by atoms with Crippen LogP contribution in [0.5, 0.6) is 0 Å². The molecule has 1 aromatic carbocycles. The van der Waals surface area contributed by atoms with Gasteiger partial charge in [0.05, 0.1) is 0 Å². The molecule has 0 aromatic heterocycles. The smallest absolute Gasteiger partial charge is 0.226 e. The summed E-state index contributed by atoms with van der Waals surface area (Å²) in [6, 6.07) is 5.67. The Morgan fingerprint density at radius 1 is 1.30 bits per heavy atom. The third kappa shape index (κ3) is 5.33. The zero-order chi connectivity index (χ0) is 15.1. The van der Waals surface area contributed by atoms with Crippen molar-refractivity contribution >= 4 is 33.4 Å². The SMILES string of the molecule is CCCN(CCC(=O)Nc1ccc(Br)c(C)c1)C(C)=O. The Morgan fingerprint density at radius 2 is 2.00 bits per heavy atom. The van der Waals surface area contributed by atoms with Crippen molar-refractivity contribution in [2.24, 2.45) is 0 Å². The van der Waals surface area contributed by atoms with Gasteiger partial charge in [0, 0.05) is 36.6 Å². The maximum Gasteiger partial charge on any atom is 0.226 e. The summed E-state index contributed by atoms with van der Waals surface area (Å²) in [7, 11) is 0. The number of aryl methyl sites for hydroxylation is 1. The van der Waals surface area contributed by atoms with Crippen LogP contribution in [0.3, 0.4) is 0 Å². The van der Waals surface area contributed by atoms with E-state index in [-0.39, 0.29) is 11.8 Å². The van der Waals surface area contributed by atoms with Crippen LogP contribution in [-0.2, 0) is 9.59 Å². The number of amides is 2. The first-order valence-corrected chi connectivity index (χ1v) is 7.54. The number of halogens is 1. The van der Waals surface area contributed by atoms with Gasteiger partial charge < -0.3 is 10.2 Å². The van der Waals surface area contributed by atoms with Crippen LogP contribution in [0.2, 0.25) is 0 Å². The van der Waals surface area contributed by atoms with E-state index in [1.807, 2.05) is 32.0 Å². The summed E-state index contributed by atoms with van der Waals surface area (Å²) in [5.41, 5.74) is 1.85. The van der Waals surface area contributed by atoms with Crippen molar-refractivity contribution in [2.45, 2.75) is 33.6 Å². The van der Waals surface area contributed by atoms with Gasteiger partial charge in [-0.25, -0.2) is 0 Å². The molecule has 0 spiro atoms. The van der Waals surface area contributed by atoms with Crippen LogP contribution >= 0.6 is 15.9 Å². The molecule has 4 nitrogen and oxygen atoms in total. The highest BCUT2D eigenvalue weighted by Crippen LogP contribution is 2.20. The average molecular weight is 341 g/mol. The monoisotopic (exact) mass is 340 g/mol. The summed E-state index contributed by atoms with van der Waals surface area (Å²) in [4.78, 5) is 25.0. The van der Waals surface area contributed by atoms with Crippen molar-refractivity contribution in [1.82, 2.24) is 4.90 Å². The standard InChI is InChI=1S/C15H21BrN2O2/c1-4-8-18(12(3)19)9-7-15(20)17-13-5-6-14(16)11(2)10-13/h5-6,10H,4,7-9H2,1-3H3,(H,17,20). The lowest BCUT2D eigenvalue weighted by Crippen LogP contribution is -2.32.